The first-order chi connectivity index (χ1) is 5.95. The average Bonchev–Trinajstić information content (AvgIpc) is 2.04. The Morgan fingerprint density at radius 3 is 2.67 bits per heavy atom. The second-order valence-corrected chi connectivity index (χ2v) is 3.25. The normalized spacial score (nSPS) is 17.0. The molecule has 0 aromatic carbocycles. The molecular formula is C9H13N3. The van der Waals surface area contributed by atoms with E-state index in [1.165, 1.54) is 19.3 Å². The molecule has 1 aliphatic carbocycles. The molecule has 1 heterocycles. The van der Waals surface area contributed by atoms with Crippen LogP contribution in [0.15, 0.2) is 18.5 Å². The molecule has 1 aliphatic rings. The van der Waals surface area contributed by atoms with Crippen LogP contribution in [0.5, 0.6) is 0 Å². The van der Waals surface area contributed by atoms with Crippen molar-refractivity contribution in [3.8, 4) is 0 Å². The summed E-state index contributed by atoms with van der Waals surface area (Å²) in [5, 5.41) is 3.22. The van der Waals surface area contributed by atoms with Gasteiger partial charge >= 0.3 is 0 Å². The van der Waals surface area contributed by atoms with Gasteiger partial charge < -0.3 is 5.32 Å². The summed E-state index contributed by atoms with van der Waals surface area (Å²) in [6.07, 6.45) is 7.63. The fourth-order valence-corrected chi connectivity index (χ4v) is 1.32. The Morgan fingerprint density at radius 1 is 1.33 bits per heavy atom. The number of hydrogen-bond donors (Lipinski definition) is 1. The number of rotatable bonds is 3. The fourth-order valence-electron chi connectivity index (χ4n) is 1.32. The Kier molecular flexibility index (Phi) is 2.21. The van der Waals surface area contributed by atoms with Crippen molar-refractivity contribution in [2.75, 3.05) is 11.9 Å². The van der Waals surface area contributed by atoms with Crippen LogP contribution in [0.1, 0.15) is 19.3 Å². The van der Waals surface area contributed by atoms with Crippen LogP contribution in [0, 0.1) is 5.92 Å². The minimum absolute atomic E-state index is 0.754. The predicted octanol–water partition coefficient (Wildman–Crippen LogP) is 1.69. The summed E-state index contributed by atoms with van der Waals surface area (Å²) < 4.78 is 0. The zero-order valence-corrected chi connectivity index (χ0v) is 7.03. The zero-order valence-electron chi connectivity index (χ0n) is 7.03. The second kappa shape index (κ2) is 3.52. The molecule has 1 aromatic rings. The molecule has 1 saturated carbocycles. The summed E-state index contributed by atoms with van der Waals surface area (Å²) in [4.78, 5) is 8.17. The highest BCUT2D eigenvalue weighted by Gasteiger charge is 2.16. The van der Waals surface area contributed by atoms with Gasteiger partial charge in [0.1, 0.15) is 0 Å². The summed E-state index contributed by atoms with van der Waals surface area (Å²) in [6.45, 7) is 1.03. The molecule has 0 unspecified atom stereocenters. The topological polar surface area (TPSA) is 37.8 Å². The molecular weight excluding hydrogens is 150 g/mol. The summed E-state index contributed by atoms with van der Waals surface area (Å²) in [6, 6.07) is 1.83. The van der Waals surface area contributed by atoms with Crippen molar-refractivity contribution in [3.63, 3.8) is 0 Å². The lowest BCUT2D eigenvalue weighted by Crippen LogP contribution is -2.21. The molecule has 12 heavy (non-hydrogen) atoms. The SMILES string of the molecule is c1cnc(NCC2CCC2)nc1. The number of nitrogens with zero attached hydrogens (tertiary/aromatic N) is 2. The van der Waals surface area contributed by atoms with E-state index in [1.807, 2.05) is 6.07 Å². The van der Waals surface area contributed by atoms with Crippen molar-refractivity contribution in [2.24, 2.45) is 5.92 Å². The summed E-state index contributed by atoms with van der Waals surface area (Å²) in [7, 11) is 0. The molecule has 0 spiro atoms. The summed E-state index contributed by atoms with van der Waals surface area (Å²) >= 11 is 0. The van der Waals surface area contributed by atoms with Gasteiger partial charge in [0.25, 0.3) is 0 Å². The standard InChI is InChI=1S/C9H13N3/c1-3-8(4-1)7-12-9-10-5-2-6-11-9/h2,5-6,8H,1,3-4,7H2,(H,10,11,12). The van der Waals surface area contributed by atoms with Crippen molar-refractivity contribution < 1.29 is 0 Å². The van der Waals surface area contributed by atoms with Gasteiger partial charge in [0.15, 0.2) is 0 Å². The van der Waals surface area contributed by atoms with Gasteiger partial charge in [0, 0.05) is 18.9 Å². The van der Waals surface area contributed by atoms with Crippen LogP contribution in [0.2, 0.25) is 0 Å². The maximum absolute atomic E-state index is 4.09. The first-order valence-electron chi connectivity index (χ1n) is 4.46. The third-order valence-electron chi connectivity index (χ3n) is 2.34. The first kappa shape index (κ1) is 7.53. The van der Waals surface area contributed by atoms with E-state index >= 15 is 0 Å². The van der Waals surface area contributed by atoms with Crippen molar-refractivity contribution in [3.05, 3.63) is 18.5 Å². The highest BCUT2D eigenvalue weighted by atomic mass is 15.1. The van der Waals surface area contributed by atoms with Crippen LogP contribution in [0.25, 0.3) is 0 Å². The van der Waals surface area contributed by atoms with Crippen LogP contribution < -0.4 is 5.32 Å². The minimum Gasteiger partial charge on any atom is -0.354 e. The third kappa shape index (κ3) is 1.72. The molecule has 0 aliphatic heterocycles. The largest absolute Gasteiger partial charge is 0.354 e. The molecule has 1 aromatic heterocycles. The van der Waals surface area contributed by atoms with E-state index in [9.17, 15) is 0 Å². The van der Waals surface area contributed by atoms with E-state index in [-0.39, 0.29) is 0 Å². The van der Waals surface area contributed by atoms with Crippen LogP contribution in [0.4, 0.5) is 5.95 Å². The Morgan fingerprint density at radius 2 is 2.08 bits per heavy atom. The Labute approximate surface area is 72.2 Å². The van der Waals surface area contributed by atoms with Gasteiger partial charge in [-0.2, -0.15) is 0 Å². The monoisotopic (exact) mass is 163 g/mol. The van der Waals surface area contributed by atoms with Crippen molar-refractivity contribution in [1.82, 2.24) is 9.97 Å². The van der Waals surface area contributed by atoms with E-state index in [1.54, 1.807) is 12.4 Å². The quantitative estimate of drug-likeness (QED) is 0.736. The van der Waals surface area contributed by atoms with Gasteiger partial charge in [-0.05, 0) is 24.8 Å². The van der Waals surface area contributed by atoms with Crippen LogP contribution in [-0.4, -0.2) is 16.5 Å². The van der Waals surface area contributed by atoms with Crippen LogP contribution in [-0.2, 0) is 0 Å². The molecule has 1 fully saturated rings. The maximum atomic E-state index is 4.09. The Hall–Kier alpha value is -1.12. The van der Waals surface area contributed by atoms with Gasteiger partial charge in [-0.1, -0.05) is 6.42 Å². The Bertz CT molecular complexity index is 231. The molecule has 3 nitrogen and oxygen atoms in total. The van der Waals surface area contributed by atoms with Crippen molar-refractivity contribution in [1.29, 1.82) is 0 Å². The number of aromatic nitrogens is 2. The number of nitrogens with one attached hydrogen (secondary N) is 1. The maximum Gasteiger partial charge on any atom is 0.222 e. The lowest BCUT2D eigenvalue weighted by Gasteiger charge is -2.25. The van der Waals surface area contributed by atoms with Crippen molar-refractivity contribution in [2.45, 2.75) is 19.3 Å². The highest BCUT2D eigenvalue weighted by molar-refractivity contribution is 5.22. The van der Waals surface area contributed by atoms with Gasteiger partial charge in [-0.25, -0.2) is 9.97 Å². The average molecular weight is 163 g/mol. The zero-order chi connectivity index (χ0) is 8.23. The van der Waals surface area contributed by atoms with E-state index in [4.69, 9.17) is 0 Å². The smallest absolute Gasteiger partial charge is 0.222 e. The highest BCUT2D eigenvalue weighted by Crippen LogP contribution is 2.25. The predicted molar refractivity (Wildman–Crippen MR) is 47.9 cm³/mol. The lowest BCUT2D eigenvalue weighted by atomic mass is 9.85. The molecule has 1 N–H and O–H groups in total. The number of hydrogen-bond acceptors (Lipinski definition) is 3. The molecule has 0 bridgehead atoms. The van der Waals surface area contributed by atoms with Gasteiger partial charge in [-0.15, -0.1) is 0 Å². The molecule has 2 rings (SSSR count). The van der Waals surface area contributed by atoms with Crippen LogP contribution in [0.3, 0.4) is 0 Å². The molecule has 0 amide bonds. The first-order valence-corrected chi connectivity index (χ1v) is 4.46. The van der Waals surface area contributed by atoms with Gasteiger partial charge in [0.05, 0.1) is 0 Å². The molecule has 0 radical (unpaired) electrons. The second-order valence-electron chi connectivity index (χ2n) is 3.25. The molecule has 0 atom stereocenters. The van der Waals surface area contributed by atoms with E-state index in [0.29, 0.717) is 0 Å². The van der Waals surface area contributed by atoms with Gasteiger partial charge in [-0.3, -0.25) is 0 Å². The fraction of sp³-hybridized carbons (Fsp3) is 0.556. The minimum atomic E-state index is 0.754. The van der Waals surface area contributed by atoms with E-state index in [2.05, 4.69) is 15.3 Å². The molecule has 3 heteroatoms. The van der Waals surface area contributed by atoms with E-state index < -0.39 is 0 Å². The lowest BCUT2D eigenvalue weighted by molar-refractivity contribution is 0.333. The van der Waals surface area contributed by atoms with E-state index in [0.717, 1.165) is 18.4 Å². The third-order valence-corrected chi connectivity index (χ3v) is 2.34. The van der Waals surface area contributed by atoms with Gasteiger partial charge in [0.2, 0.25) is 5.95 Å². The Balaban J connectivity index is 1.79. The number of anilines is 1. The van der Waals surface area contributed by atoms with Crippen molar-refractivity contribution >= 4 is 5.95 Å². The summed E-state index contributed by atoms with van der Waals surface area (Å²) in [5.41, 5.74) is 0. The summed E-state index contributed by atoms with van der Waals surface area (Å²) in [5.74, 6) is 1.61. The van der Waals surface area contributed by atoms with Crippen LogP contribution >= 0.6 is 0 Å². The molecule has 64 valence electrons. The molecule has 0 saturated heterocycles.